The van der Waals surface area contributed by atoms with Gasteiger partial charge in [-0.05, 0) is 24.0 Å². The molecule has 0 radical (unpaired) electrons. The zero-order valence-corrected chi connectivity index (χ0v) is 15.0. The standard InChI is InChI=1S/C17H21N5O2S/c1-21(15-7-9-25(23,24)12-15)16-10-18-20-17(19-16)22-8-6-13-4-2-3-5-14(13)11-22/h2-5,10,15H,6-9,11-12H2,1H3. The number of anilines is 2. The summed E-state index contributed by atoms with van der Waals surface area (Å²) in [5.41, 5.74) is 2.66. The molecule has 2 aromatic rings. The Bertz CT molecular complexity index is 886. The zero-order chi connectivity index (χ0) is 17.4. The summed E-state index contributed by atoms with van der Waals surface area (Å²) in [6, 6.07) is 8.37. The second kappa shape index (κ2) is 6.25. The molecule has 0 N–H and O–H groups in total. The van der Waals surface area contributed by atoms with E-state index >= 15 is 0 Å². The van der Waals surface area contributed by atoms with Crippen LogP contribution in [0, 0.1) is 0 Å². The van der Waals surface area contributed by atoms with Crippen LogP contribution < -0.4 is 9.80 Å². The third-order valence-corrected chi connectivity index (χ3v) is 6.82. The first-order valence-electron chi connectivity index (χ1n) is 8.46. The van der Waals surface area contributed by atoms with Crippen LogP contribution in [0.15, 0.2) is 30.5 Å². The summed E-state index contributed by atoms with van der Waals surface area (Å²) in [5.74, 6) is 1.70. The van der Waals surface area contributed by atoms with Gasteiger partial charge in [0.25, 0.3) is 0 Å². The lowest BCUT2D eigenvalue weighted by Gasteiger charge is -2.30. The van der Waals surface area contributed by atoms with Crippen LogP contribution in [0.2, 0.25) is 0 Å². The van der Waals surface area contributed by atoms with Gasteiger partial charge in [0.2, 0.25) is 5.95 Å². The molecular formula is C17H21N5O2S. The Labute approximate surface area is 147 Å². The number of benzene rings is 1. The van der Waals surface area contributed by atoms with Gasteiger partial charge in [-0.1, -0.05) is 24.3 Å². The highest BCUT2D eigenvalue weighted by Gasteiger charge is 2.31. The molecule has 1 aromatic carbocycles. The highest BCUT2D eigenvalue weighted by atomic mass is 32.2. The molecule has 0 amide bonds. The fourth-order valence-electron chi connectivity index (χ4n) is 3.52. The van der Waals surface area contributed by atoms with Gasteiger partial charge in [-0.3, -0.25) is 0 Å². The molecule has 2 aliphatic rings. The van der Waals surface area contributed by atoms with Gasteiger partial charge in [-0.25, -0.2) is 8.42 Å². The largest absolute Gasteiger partial charge is 0.354 e. The van der Waals surface area contributed by atoms with Crippen LogP contribution in [0.1, 0.15) is 17.5 Å². The van der Waals surface area contributed by atoms with Crippen LogP contribution in [-0.2, 0) is 22.8 Å². The Kier molecular flexibility index (Phi) is 4.07. The maximum absolute atomic E-state index is 11.7. The number of hydrogen-bond donors (Lipinski definition) is 0. The van der Waals surface area contributed by atoms with Gasteiger partial charge < -0.3 is 9.80 Å². The molecule has 7 nitrogen and oxygen atoms in total. The number of nitrogens with zero attached hydrogens (tertiary/aromatic N) is 5. The minimum Gasteiger partial charge on any atom is -0.354 e. The van der Waals surface area contributed by atoms with Gasteiger partial charge in [0.1, 0.15) is 0 Å². The van der Waals surface area contributed by atoms with Crippen molar-refractivity contribution in [1.29, 1.82) is 0 Å². The summed E-state index contributed by atoms with van der Waals surface area (Å²) in [4.78, 5) is 8.69. The third-order valence-electron chi connectivity index (χ3n) is 5.07. The minimum atomic E-state index is -2.93. The van der Waals surface area contributed by atoms with Crippen molar-refractivity contribution in [2.24, 2.45) is 0 Å². The van der Waals surface area contributed by atoms with E-state index in [0.29, 0.717) is 18.2 Å². The van der Waals surface area contributed by atoms with Gasteiger partial charge in [0, 0.05) is 26.2 Å². The van der Waals surface area contributed by atoms with Crippen LogP contribution in [-0.4, -0.2) is 54.7 Å². The highest BCUT2D eigenvalue weighted by Crippen LogP contribution is 2.24. The molecule has 1 fully saturated rings. The lowest BCUT2D eigenvalue weighted by atomic mass is 10.0. The van der Waals surface area contributed by atoms with Gasteiger partial charge >= 0.3 is 0 Å². The first-order valence-corrected chi connectivity index (χ1v) is 10.3. The summed E-state index contributed by atoms with van der Waals surface area (Å²) in [7, 11) is -1.05. The second-order valence-corrected chi connectivity index (χ2v) is 8.95. The van der Waals surface area contributed by atoms with Crippen molar-refractivity contribution in [1.82, 2.24) is 15.2 Å². The molecule has 0 spiro atoms. The monoisotopic (exact) mass is 359 g/mol. The van der Waals surface area contributed by atoms with Crippen molar-refractivity contribution in [3.63, 3.8) is 0 Å². The number of hydrogen-bond acceptors (Lipinski definition) is 7. The molecule has 2 aliphatic heterocycles. The molecule has 8 heteroatoms. The Morgan fingerprint density at radius 1 is 1.24 bits per heavy atom. The van der Waals surface area contributed by atoms with E-state index in [4.69, 9.17) is 0 Å². The lowest BCUT2D eigenvalue weighted by molar-refractivity contribution is 0.600. The minimum absolute atomic E-state index is 0.0448. The number of sulfone groups is 1. The van der Waals surface area contributed by atoms with E-state index in [0.717, 1.165) is 19.5 Å². The van der Waals surface area contributed by atoms with Crippen LogP contribution in [0.3, 0.4) is 0 Å². The average Bonchev–Trinajstić information content (AvgIpc) is 3.00. The van der Waals surface area contributed by atoms with E-state index in [2.05, 4.69) is 38.3 Å². The lowest BCUT2D eigenvalue weighted by Crippen LogP contribution is -2.35. The maximum atomic E-state index is 11.7. The van der Waals surface area contributed by atoms with Gasteiger partial charge in [0.05, 0.1) is 17.7 Å². The van der Waals surface area contributed by atoms with E-state index in [1.807, 2.05) is 18.0 Å². The zero-order valence-electron chi connectivity index (χ0n) is 14.2. The van der Waals surface area contributed by atoms with E-state index < -0.39 is 9.84 Å². The van der Waals surface area contributed by atoms with Crippen LogP contribution in [0.4, 0.5) is 11.8 Å². The van der Waals surface area contributed by atoms with E-state index in [-0.39, 0.29) is 17.5 Å². The topological polar surface area (TPSA) is 79.3 Å². The van der Waals surface area contributed by atoms with E-state index in [1.54, 1.807) is 6.20 Å². The van der Waals surface area contributed by atoms with Gasteiger partial charge in [0.15, 0.2) is 15.7 Å². The van der Waals surface area contributed by atoms with Crippen molar-refractivity contribution in [3.05, 3.63) is 41.6 Å². The van der Waals surface area contributed by atoms with Gasteiger partial charge in [-0.2, -0.15) is 10.1 Å². The molecule has 3 heterocycles. The molecule has 4 rings (SSSR count). The Balaban J connectivity index is 1.54. The van der Waals surface area contributed by atoms with Crippen LogP contribution in [0.5, 0.6) is 0 Å². The second-order valence-electron chi connectivity index (χ2n) is 6.72. The molecule has 0 aliphatic carbocycles. The highest BCUT2D eigenvalue weighted by molar-refractivity contribution is 7.91. The Hall–Kier alpha value is -2.22. The third kappa shape index (κ3) is 3.30. The number of rotatable bonds is 3. The summed E-state index contributed by atoms with van der Waals surface area (Å²) in [6.45, 7) is 1.62. The molecule has 1 unspecified atom stereocenters. The number of fused-ring (bicyclic) bond motifs is 1. The summed E-state index contributed by atoms with van der Waals surface area (Å²) < 4.78 is 23.4. The molecule has 0 saturated carbocycles. The van der Waals surface area contributed by atoms with Crippen molar-refractivity contribution < 1.29 is 8.42 Å². The molecule has 0 bridgehead atoms. The Morgan fingerprint density at radius 3 is 2.80 bits per heavy atom. The van der Waals surface area contributed by atoms with Crippen molar-refractivity contribution in [2.75, 3.05) is 34.9 Å². The molecular weight excluding hydrogens is 338 g/mol. The fraction of sp³-hybridized carbons (Fsp3) is 0.471. The summed E-state index contributed by atoms with van der Waals surface area (Å²) >= 11 is 0. The van der Waals surface area contributed by atoms with Crippen molar-refractivity contribution >= 4 is 21.6 Å². The fourth-order valence-corrected chi connectivity index (χ4v) is 5.30. The molecule has 25 heavy (non-hydrogen) atoms. The smallest absolute Gasteiger partial charge is 0.247 e. The first-order chi connectivity index (χ1) is 12.0. The normalized spacial score (nSPS) is 21.8. The molecule has 1 saturated heterocycles. The Morgan fingerprint density at radius 2 is 2.04 bits per heavy atom. The summed E-state index contributed by atoms with van der Waals surface area (Å²) in [5, 5.41) is 8.29. The molecule has 1 aromatic heterocycles. The van der Waals surface area contributed by atoms with Crippen molar-refractivity contribution in [3.8, 4) is 0 Å². The molecule has 1 atom stereocenters. The van der Waals surface area contributed by atoms with Crippen LogP contribution in [0.25, 0.3) is 0 Å². The maximum Gasteiger partial charge on any atom is 0.247 e. The summed E-state index contributed by atoms with van der Waals surface area (Å²) in [6.07, 6.45) is 3.20. The number of aromatic nitrogens is 3. The van der Waals surface area contributed by atoms with E-state index in [9.17, 15) is 8.42 Å². The predicted molar refractivity (Wildman–Crippen MR) is 96.5 cm³/mol. The first kappa shape index (κ1) is 16.3. The quantitative estimate of drug-likeness (QED) is 0.811. The SMILES string of the molecule is CN(c1cnnc(N2CCc3ccccc3C2)n1)C1CCS(=O)(=O)C1. The van der Waals surface area contributed by atoms with E-state index in [1.165, 1.54) is 11.1 Å². The molecule has 132 valence electrons. The van der Waals surface area contributed by atoms with Crippen molar-refractivity contribution in [2.45, 2.75) is 25.4 Å². The predicted octanol–water partition coefficient (Wildman–Crippen LogP) is 1.06. The average molecular weight is 359 g/mol. The van der Waals surface area contributed by atoms with Crippen LogP contribution >= 0.6 is 0 Å². The van der Waals surface area contributed by atoms with Gasteiger partial charge in [-0.15, -0.1) is 5.10 Å².